The molecule has 1 saturated heterocycles. The number of aliphatic hydroxyl groups is 1. The van der Waals surface area contributed by atoms with Crippen molar-refractivity contribution < 1.29 is 14.6 Å². The highest BCUT2D eigenvalue weighted by Gasteiger charge is 2.23. The number of benzene rings is 1. The molecule has 1 aromatic carbocycles. The van der Waals surface area contributed by atoms with Crippen molar-refractivity contribution in [1.29, 1.82) is 0 Å². The summed E-state index contributed by atoms with van der Waals surface area (Å²) >= 11 is 0. The second-order valence-corrected chi connectivity index (χ2v) is 6.64. The number of morpholine rings is 1. The highest BCUT2D eigenvalue weighted by molar-refractivity contribution is 5.20. The van der Waals surface area contributed by atoms with Crippen LogP contribution >= 0.6 is 0 Å². The molecule has 1 N–H and O–H groups in total. The van der Waals surface area contributed by atoms with E-state index in [9.17, 15) is 5.11 Å². The lowest BCUT2D eigenvalue weighted by atomic mass is 10.2. The van der Waals surface area contributed by atoms with Gasteiger partial charge in [0.15, 0.2) is 0 Å². The van der Waals surface area contributed by atoms with Crippen molar-refractivity contribution in [2.75, 3.05) is 32.8 Å². The molecule has 2 heterocycles. The number of nitrogens with zero attached hydrogens (tertiary/aromatic N) is 3. The Hall–Kier alpha value is -1.89. The quantitative estimate of drug-likeness (QED) is 0.827. The monoisotopic (exact) mass is 345 g/mol. The Labute approximate surface area is 149 Å². The molecule has 0 saturated carbocycles. The highest BCUT2D eigenvalue weighted by Crippen LogP contribution is 2.12. The first kappa shape index (κ1) is 17.9. The van der Waals surface area contributed by atoms with E-state index in [1.165, 1.54) is 0 Å². The minimum Gasteiger partial charge on any atom is -0.491 e. The molecule has 1 fully saturated rings. The Kier molecular flexibility index (Phi) is 6.07. The van der Waals surface area contributed by atoms with Crippen LogP contribution in [0.3, 0.4) is 0 Å². The average molecular weight is 345 g/mol. The van der Waals surface area contributed by atoms with E-state index in [1.54, 1.807) is 0 Å². The molecule has 1 aliphatic rings. The molecule has 2 atom stereocenters. The van der Waals surface area contributed by atoms with Gasteiger partial charge in [-0.25, -0.2) is 0 Å². The van der Waals surface area contributed by atoms with Gasteiger partial charge in [-0.15, -0.1) is 0 Å². The molecule has 0 aliphatic carbocycles. The van der Waals surface area contributed by atoms with Gasteiger partial charge in [-0.3, -0.25) is 9.58 Å². The normalized spacial score (nSPS) is 19.7. The van der Waals surface area contributed by atoms with E-state index in [2.05, 4.69) is 23.0 Å². The molecule has 25 heavy (non-hydrogen) atoms. The van der Waals surface area contributed by atoms with Crippen LogP contribution in [0, 0.1) is 13.8 Å². The molecule has 1 aliphatic heterocycles. The second kappa shape index (κ2) is 8.47. The number of hydrogen-bond donors (Lipinski definition) is 1. The standard InChI is InChI=1S/C19H27N3O3/c1-15-10-16(2)22(20-15)13-19-12-21(8-9-24-19)11-17(23)14-25-18-6-4-3-5-7-18/h3-7,10,17,19,23H,8-9,11-14H2,1-2H3/t17-,19-/m0/s1. The van der Waals surface area contributed by atoms with E-state index in [4.69, 9.17) is 9.47 Å². The third-order valence-corrected chi connectivity index (χ3v) is 4.36. The largest absolute Gasteiger partial charge is 0.491 e. The van der Waals surface area contributed by atoms with E-state index in [-0.39, 0.29) is 6.10 Å². The van der Waals surface area contributed by atoms with E-state index >= 15 is 0 Å². The summed E-state index contributed by atoms with van der Waals surface area (Å²) in [5.41, 5.74) is 2.17. The van der Waals surface area contributed by atoms with E-state index < -0.39 is 6.10 Å². The fraction of sp³-hybridized carbons (Fsp3) is 0.526. The minimum atomic E-state index is -0.521. The van der Waals surface area contributed by atoms with Gasteiger partial charge in [0.25, 0.3) is 0 Å². The lowest BCUT2D eigenvalue weighted by molar-refractivity contribution is -0.0519. The van der Waals surface area contributed by atoms with Crippen molar-refractivity contribution in [3.63, 3.8) is 0 Å². The molecule has 2 aromatic rings. The first-order chi connectivity index (χ1) is 12.1. The SMILES string of the molecule is Cc1cc(C)n(C[C@@H]2CN(C[C@H](O)COc3ccccc3)CCO2)n1. The maximum Gasteiger partial charge on any atom is 0.119 e. The maximum atomic E-state index is 10.3. The van der Waals surface area contributed by atoms with E-state index in [0.717, 1.165) is 36.8 Å². The van der Waals surface area contributed by atoms with Crippen LogP contribution in [0.5, 0.6) is 5.75 Å². The zero-order chi connectivity index (χ0) is 17.6. The Morgan fingerprint density at radius 3 is 2.84 bits per heavy atom. The van der Waals surface area contributed by atoms with Crippen molar-refractivity contribution in [1.82, 2.24) is 14.7 Å². The fourth-order valence-corrected chi connectivity index (χ4v) is 3.17. The van der Waals surface area contributed by atoms with Crippen molar-refractivity contribution in [3.05, 3.63) is 47.8 Å². The third kappa shape index (κ3) is 5.29. The summed E-state index contributed by atoms with van der Waals surface area (Å²) < 4.78 is 13.5. The van der Waals surface area contributed by atoms with Crippen LogP contribution in [0.25, 0.3) is 0 Å². The van der Waals surface area contributed by atoms with E-state index in [0.29, 0.717) is 19.8 Å². The summed E-state index contributed by atoms with van der Waals surface area (Å²) in [6.45, 7) is 7.99. The van der Waals surface area contributed by atoms with Gasteiger partial charge >= 0.3 is 0 Å². The smallest absolute Gasteiger partial charge is 0.119 e. The molecular weight excluding hydrogens is 318 g/mol. The molecule has 0 spiro atoms. The van der Waals surface area contributed by atoms with Gasteiger partial charge in [0.1, 0.15) is 18.5 Å². The zero-order valence-electron chi connectivity index (χ0n) is 15.0. The van der Waals surface area contributed by atoms with Gasteiger partial charge in [-0.1, -0.05) is 18.2 Å². The number of β-amino-alcohol motifs (C(OH)–C–C–N with tert-alkyl or cyclic N) is 1. The molecule has 0 bridgehead atoms. The molecule has 0 amide bonds. The van der Waals surface area contributed by atoms with Crippen molar-refractivity contribution >= 4 is 0 Å². The first-order valence-corrected chi connectivity index (χ1v) is 8.81. The molecule has 6 nitrogen and oxygen atoms in total. The minimum absolute atomic E-state index is 0.0917. The zero-order valence-corrected chi connectivity index (χ0v) is 15.0. The van der Waals surface area contributed by atoms with Gasteiger partial charge in [-0.05, 0) is 32.0 Å². The van der Waals surface area contributed by atoms with Crippen LogP contribution in [0.4, 0.5) is 0 Å². The predicted octanol–water partition coefficient (Wildman–Crippen LogP) is 1.64. The van der Waals surface area contributed by atoms with Gasteiger partial charge < -0.3 is 14.6 Å². The average Bonchev–Trinajstić information content (AvgIpc) is 2.91. The first-order valence-electron chi connectivity index (χ1n) is 8.81. The van der Waals surface area contributed by atoms with Crippen LogP contribution < -0.4 is 4.74 Å². The van der Waals surface area contributed by atoms with Gasteiger partial charge in [-0.2, -0.15) is 5.10 Å². The molecular formula is C19H27N3O3. The number of rotatable bonds is 7. The van der Waals surface area contributed by atoms with Crippen LogP contribution in [-0.4, -0.2) is 64.8 Å². The Morgan fingerprint density at radius 1 is 1.32 bits per heavy atom. The number of ether oxygens (including phenoxy) is 2. The molecule has 136 valence electrons. The summed E-state index contributed by atoms with van der Waals surface area (Å²) in [5.74, 6) is 0.783. The van der Waals surface area contributed by atoms with Crippen LogP contribution in [-0.2, 0) is 11.3 Å². The summed E-state index contributed by atoms with van der Waals surface area (Å²) in [5, 5.41) is 14.8. The number of para-hydroxylation sites is 1. The molecule has 1 aromatic heterocycles. The van der Waals surface area contributed by atoms with Crippen molar-refractivity contribution in [2.45, 2.75) is 32.6 Å². The highest BCUT2D eigenvalue weighted by atomic mass is 16.5. The predicted molar refractivity (Wildman–Crippen MR) is 95.8 cm³/mol. The third-order valence-electron chi connectivity index (χ3n) is 4.36. The summed E-state index contributed by atoms with van der Waals surface area (Å²) in [4.78, 5) is 2.23. The number of hydrogen-bond acceptors (Lipinski definition) is 5. The fourth-order valence-electron chi connectivity index (χ4n) is 3.17. The lowest BCUT2D eigenvalue weighted by Crippen LogP contribution is -2.47. The molecule has 0 radical (unpaired) electrons. The van der Waals surface area contributed by atoms with Crippen LogP contribution in [0.2, 0.25) is 0 Å². The van der Waals surface area contributed by atoms with Gasteiger partial charge in [0.2, 0.25) is 0 Å². The lowest BCUT2D eigenvalue weighted by Gasteiger charge is -2.34. The Morgan fingerprint density at radius 2 is 2.12 bits per heavy atom. The van der Waals surface area contributed by atoms with Crippen LogP contribution in [0.1, 0.15) is 11.4 Å². The number of aromatic nitrogens is 2. The molecule has 0 unspecified atom stereocenters. The molecule has 3 rings (SSSR count). The Bertz CT molecular complexity index is 659. The van der Waals surface area contributed by atoms with Crippen molar-refractivity contribution in [3.8, 4) is 5.75 Å². The van der Waals surface area contributed by atoms with E-state index in [1.807, 2.05) is 41.9 Å². The maximum absolute atomic E-state index is 10.3. The topological polar surface area (TPSA) is 59.8 Å². The summed E-state index contributed by atoms with van der Waals surface area (Å²) in [6.07, 6.45) is -0.429. The van der Waals surface area contributed by atoms with Crippen LogP contribution in [0.15, 0.2) is 36.4 Å². The second-order valence-electron chi connectivity index (χ2n) is 6.64. The van der Waals surface area contributed by atoms with Gasteiger partial charge in [0, 0.05) is 25.3 Å². The summed E-state index contributed by atoms with van der Waals surface area (Å²) in [7, 11) is 0. The number of aryl methyl sites for hydroxylation is 2. The summed E-state index contributed by atoms with van der Waals surface area (Å²) in [6, 6.07) is 11.7. The number of aliphatic hydroxyl groups excluding tert-OH is 1. The molecule has 6 heteroatoms. The van der Waals surface area contributed by atoms with Gasteiger partial charge in [0.05, 0.1) is 24.9 Å². The van der Waals surface area contributed by atoms with Crippen molar-refractivity contribution in [2.24, 2.45) is 0 Å². The Balaban J connectivity index is 1.45.